The summed E-state index contributed by atoms with van der Waals surface area (Å²) in [4.78, 5) is 9.12. The molecule has 1 aliphatic rings. The minimum Gasteiger partial charge on any atom is -0.497 e. The van der Waals surface area contributed by atoms with E-state index in [1.807, 2.05) is 19.9 Å². The van der Waals surface area contributed by atoms with E-state index < -0.39 is 0 Å². The Morgan fingerprint density at radius 3 is 2.88 bits per heavy atom. The fourth-order valence-electron chi connectivity index (χ4n) is 3.98. The van der Waals surface area contributed by atoms with E-state index in [0.29, 0.717) is 12.0 Å². The third-order valence-electron chi connectivity index (χ3n) is 5.21. The molecule has 6 heteroatoms. The van der Waals surface area contributed by atoms with Crippen LogP contribution in [0.2, 0.25) is 0 Å². The van der Waals surface area contributed by atoms with Gasteiger partial charge in [-0.05, 0) is 72.7 Å². The van der Waals surface area contributed by atoms with Crippen molar-refractivity contribution in [2.24, 2.45) is 0 Å². The highest BCUT2D eigenvalue weighted by Gasteiger charge is 2.27. The summed E-state index contributed by atoms with van der Waals surface area (Å²) >= 11 is 3.65. The lowest BCUT2D eigenvalue weighted by molar-refractivity contribution is 0.413. The molecule has 2 heterocycles. The molecule has 1 saturated carbocycles. The van der Waals surface area contributed by atoms with E-state index in [2.05, 4.69) is 60.4 Å². The minimum absolute atomic E-state index is 0.421. The van der Waals surface area contributed by atoms with Crippen molar-refractivity contribution in [3.8, 4) is 5.75 Å². The zero-order chi connectivity index (χ0) is 18.3. The molecule has 1 aliphatic carbocycles. The maximum Gasteiger partial charge on any atom is 0.163 e. The number of hydrogen-bond acceptors (Lipinski definition) is 4. The highest BCUT2D eigenvalue weighted by Crippen LogP contribution is 2.36. The number of halogens is 1. The molecule has 0 spiro atoms. The maximum absolute atomic E-state index is 5.37. The number of methoxy groups -OCH3 is 1. The van der Waals surface area contributed by atoms with Crippen LogP contribution >= 0.6 is 15.9 Å². The van der Waals surface area contributed by atoms with Gasteiger partial charge >= 0.3 is 0 Å². The smallest absolute Gasteiger partial charge is 0.163 e. The van der Waals surface area contributed by atoms with E-state index in [0.717, 1.165) is 45.6 Å². The van der Waals surface area contributed by atoms with E-state index in [4.69, 9.17) is 4.74 Å². The van der Waals surface area contributed by atoms with E-state index in [9.17, 15) is 0 Å². The molecule has 26 heavy (non-hydrogen) atoms. The standard InChI is InChI=1S/C20H23BrN4O/c1-12-19-18(21)11-25(20(19)23-13(2)22-12)24-16-8-7-15(9-16)14-5-4-6-17(10-14)26-3/h4-6,10-11,15-16,24H,7-9H2,1-3H3. The Balaban J connectivity index is 1.55. The van der Waals surface area contributed by atoms with Gasteiger partial charge in [0.2, 0.25) is 0 Å². The monoisotopic (exact) mass is 414 g/mol. The van der Waals surface area contributed by atoms with Crippen LogP contribution < -0.4 is 10.2 Å². The van der Waals surface area contributed by atoms with Crippen LogP contribution in [0.25, 0.3) is 11.0 Å². The molecule has 136 valence electrons. The average Bonchev–Trinajstić information content (AvgIpc) is 3.20. The molecule has 5 nitrogen and oxygen atoms in total. The van der Waals surface area contributed by atoms with Crippen molar-refractivity contribution < 1.29 is 4.74 Å². The van der Waals surface area contributed by atoms with Crippen molar-refractivity contribution in [2.75, 3.05) is 12.5 Å². The van der Waals surface area contributed by atoms with Crippen LogP contribution in [0.4, 0.5) is 0 Å². The van der Waals surface area contributed by atoms with Crippen molar-refractivity contribution in [2.45, 2.75) is 45.1 Å². The van der Waals surface area contributed by atoms with Gasteiger partial charge in [0.25, 0.3) is 0 Å². The molecular weight excluding hydrogens is 392 g/mol. The van der Waals surface area contributed by atoms with Gasteiger partial charge in [-0.15, -0.1) is 0 Å². The summed E-state index contributed by atoms with van der Waals surface area (Å²) in [5.41, 5.74) is 6.95. The first-order valence-corrected chi connectivity index (χ1v) is 9.76. The number of benzene rings is 1. The van der Waals surface area contributed by atoms with Crippen LogP contribution in [0.15, 0.2) is 34.9 Å². The number of fused-ring (bicyclic) bond motifs is 1. The van der Waals surface area contributed by atoms with Crippen LogP contribution in [0.5, 0.6) is 5.75 Å². The third-order valence-corrected chi connectivity index (χ3v) is 5.81. The van der Waals surface area contributed by atoms with Crippen molar-refractivity contribution >= 4 is 27.0 Å². The van der Waals surface area contributed by atoms with Crippen LogP contribution in [0.3, 0.4) is 0 Å². The Hall–Kier alpha value is -2.08. The number of nitrogens with one attached hydrogen (secondary N) is 1. The van der Waals surface area contributed by atoms with Crippen molar-refractivity contribution in [1.82, 2.24) is 14.6 Å². The van der Waals surface area contributed by atoms with E-state index in [1.165, 1.54) is 12.0 Å². The van der Waals surface area contributed by atoms with Crippen LogP contribution in [-0.4, -0.2) is 27.8 Å². The molecule has 0 aliphatic heterocycles. The summed E-state index contributed by atoms with van der Waals surface area (Å²) in [6.07, 6.45) is 5.48. The summed E-state index contributed by atoms with van der Waals surface area (Å²) in [6.45, 7) is 3.96. The first kappa shape index (κ1) is 17.3. The first-order chi connectivity index (χ1) is 12.5. The Kier molecular flexibility index (Phi) is 4.61. The van der Waals surface area contributed by atoms with Crippen molar-refractivity contribution in [3.05, 3.63) is 52.0 Å². The summed E-state index contributed by atoms with van der Waals surface area (Å²) in [6, 6.07) is 8.87. The van der Waals surface area contributed by atoms with Crippen LogP contribution in [0.1, 0.15) is 42.3 Å². The molecule has 4 rings (SSSR count). The number of aryl methyl sites for hydroxylation is 2. The number of rotatable bonds is 4. The highest BCUT2D eigenvalue weighted by molar-refractivity contribution is 9.10. The van der Waals surface area contributed by atoms with Gasteiger partial charge in [0.05, 0.1) is 18.2 Å². The lowest BCUT2D eigenvalue weighted by Crippen LogP contribution is -2.25. The van der Waals surface area contributed by atoms with Gasteiger partial charge in [-0.25, -0.2) is 14.6 Å². The van der Waals surface area contributed by atoms with Crippen molar-refractivity contribution in [3.63, 3.8) is 0 Å². The number of aromatic nitrogens is 3. The molecule has 2 aromatic heterocycles. The van der Waals surface area contributed by atoms with Crippen LogP contribution in [0, 0.1) is 13.8 Å². The Bertz CT molecular complexity index is 952. The van der Waals surface area contributed by atoms with Gasteiger partial charge in [0.1, 0.15) is 11.6 Å². The normalized spacial score (nSPS) is 19.8. The SMILES string of the molecule is COc1cccc(C2CCC(Nn3cc(Br)c4c(C)nc(C)nc43)C2)c1. The lowest BCUT2D eigenvalue weighted by Gasteiger charge is -2.17. The van der Waals surface area contributed by atoms with E-state index in [-0.39, 0.29) is 0 Å². The van der Waals surface area contributed by atoms with Gasteiger partial charge in [0.15, 0.2) is 5.65 Å². The van der Waals surface area contributed by atoms with Gasteiger partial charge in [-0.2, -0.15) is 0 Å². The average molecular weight is 415 g/mol. The van der Waals surface area contributed by atoms with Gasteiger partial charge in [0, 0.05) is 16.7 Å². The molecule has 2 unspecified atom stereocenters. The Labute approximate surface area is 161 Å². The third kappa shape index (κ3) is 3.18. The summed E-state index contributed by atoms with van der Waals surface area (Å²) in [5, 5.41) is 1.07. The maximum atomic E-state index is 5.37. The zero-order valence-electron chi connectivity index (χ0n) is 15.3. The largest absolute Gasteiger partial charge is 0.497 e. The molecule has 0 radical (unpaired) electrons. The highest BCUT2D eigenvalue weighted by atomic mass is 79.9. The lowest BCUT2D eigenvalue weighted by atomic mass is 9.97. The molecular formula is C20H23BrN4O. The fraction of sp³-hybridized carbons (Fsp3) is 0.400. The number of hydrogen-bond donors (Lipinski definition) is 1. The second kappa shape index (κ2) is 6.91. The van der Waals surface area contributed by atoms with E-state index in [1.54, 1.807) is 7.11 Å². The second-order valence-electron chi connectivity index (χ2n) is 7.01. The molecule has 0 bridgehead atoms. The molecule has 3 aromatic rings. The number of ether oxygens (including phenoxy) is 1. The molecule has 1 N–H and O–H groups in total. The molecule has 0 saturated heterocycles. The summed E-state index contributed by atoms with van der Waals surface area (Å²) < 4.78 is 8.45. The zero-order valence-corrected chi connectivity index (χ0v) is 16.9. The van der Waals surface area contributed by atoms with E-state index >= 15 is 0 Å². The first-order valence-electron chi connectivity index (χ1n) is 8.97. The van der Waals surface area contributed by atoms with Gasteiger partial charge in [-0.3, -0.25) is 0 Å². The molecule has 2 atom stereocenters. The molecule has 0 amide bonds. The molecule has 1 aromatic carbocycles. The van der Waals surface area contributed by atoms with Crippen LogP contribution in [-0.2, 0) is 0 Å². The second-order valence-corrected chi connectivity index (χ2v) is 7.87. The topological polar surface area (TPSA) is 52.0 Å². The minimum atomic E-state index is 0.421. The predicted octanol–water partition coefficient (Wildman–Crippen LogP) is 4.70. The Morgan fingerprint density at radius 2 is 2.08 bits per heavy atom. The number of nitrogens with zero attached hydrogens (tertiary/aromatic N) is 3. The summed E-state index contributed by atoms with van der Waals surface area (Å²) in [5.74, 6) is 2.29. The van der Waals surface area contributed by atoms with Gasteiger partial charge < -0.3 is 10.2 Å². The fourth-order valence-corrected chi connectivity index (χ4v) is 4.65. The summed E-state index contributed by atoms with van der Waals surface area (Å²) in [7, 11) is 1.72. The quantitative estimate of drug-likeness (QED) is 0.671. The van der Waals surface area contributed by atoms with Crippen molar-refractivity contribution in [1.29, 1.82) is 0 Å². The predicted molar refractivity (Wildman–Crippen MR) is 107 cm³/mol. The molecule has 1 fully saturated rings. The Morgan fingerprint density at radius 1 is 1.23 bits per heavy atom. The van der Waals surface area contributed by atoms with Gasteiger partial charge in [-0.1, -0.05) is 12.1 Å².